The maximum Gasteiger partial charge on any atom is 0.138 e. The Kier molecular flexibility index (Phi) is 4.00. The topological polar surface area (TPSA) is 37.3 Å². The number of ketones is 1. The fourth-order valence-electron chi connectivity index (χ4n) is 2.48. The lowest BCUT2D eigenvalue weighted by molar-refractivity contribution is -0.125. The second-order valence-electron chi connectivity index (χ2n) is 5.00. The first kappa shape index (κ1) is 10.1. The third-order valence-electron chi connectivity index (χ3n) is 3.63. The van der Waals surface area contributed by atoms with Gasteiger partial charge in [-0.05, 0) is 31.5 Å². The normalized spacial score (nSPS) is 32.6. The molecule has 0 aromatic carbocycles. The van der Waals surface area contributed by atoms with Gasteiger partial charge in [-0.1, -0.05) is 38.2 Å². The highest BCUT2D eigenvalue weighted by molar-refractivity contribution is 5.83. The lowest BCUT2D eigenvalue weighted by atomic mass is 9.83. The molecule has 0 bridgehead atoms. The Morgan fingerprint density at radius 2 is 2.35 bits per heavy atom. The highest BCUT2D eigenvalue weighted by atomic mass is 16.3. The van der Waals surface area contributed by atoms with Crippen LogP contribution in [0.1, 0.15) is 44.1 Å². The summed E-state index contributed by atoms with van der Waals surface area (Å²) in [5, 5.41) is 10.3. The fourth-order valence-corrected chi connectivity index (χ4v) is 2.48. The number of allylic oxidation sites excluding steroid dienone is 4. The van der Waals surface area contributed by atoms with E-state index in [4.69, 9.17) is 4.11 Å². The van der Waals surface area contributed by atoms with Gasteiger partial charge in [-0.3, -0.25) is 4.79 Å². The second-order valence-corrected chi connectivity index (χ2v) is 5.00. The van der Waals surface area contributed by atoms with Gasteiger partial charge in [-0.15, -0.1) is 0 Å². The standard InChI is InChI=1S/C15H24O2/c1-4-5-6-7-8-12(3)15(17)14-11(2)9-10-13(14)16/h4-7,11-12,14-15,17H,8-10H2,1-3H3/b5-4+,7-6?/t11?,12-,14-,15-/m1/s1/i1D3. The van der Waals surface area contributed by atoms with Crippen LogP contribution in [0.15, 0.2) is 24.3 Å². The molecule has 2 nitrogen and oxygen atoms in total. The van der Waals surface area contributed by atoms with E-state index in [1.165, 1.54) is 6.08 Å². The Hall–Kier alpha value is -0.890. The van der Waals surface area contributed by atoms with Crippen molar-refractivity contribution in [1.29, 1.82) is 0 Å². The van der Waals surface area contributed by atoms with Crippen LogP contribution in [0.4, 0.5) is 0 Å². The molecule has 1 fully saturated rings. The van der Waals surface area contributed by atoms with Crippen LogP contribution in [-0.4, -0.2) is 17.0 Å². The zero-order valence-electron chi connectivity index (χ0n) is 13.6. The summed E-state index contributed by atoms with van der Waals surface area (Å²) in [6, 6.07) is 0. The molecule has 2 heteroatoms. The lowest BCUT2D eigenvalue weighted by Gasteiger charge is -2.25. The van der Waals surface area contributed by atoms with Crippen molar-refractivity contribution in [2.45, 2.75) is 46.1 Å². The summed E-state index contributed by atoms with van der Waals surface area (Å²) in [5.74, 6) is 0.167. The Bertz CT molecular complexity index is 385. The molecule has 0 aromatic heterocycles. The summed E-state index contributed by atoms with van der Waals surface area (Å²) in [5.41, 5.74) is 0. The van der Waals surface area contributed by atoms with Gasteiger partial charge >= 0.3 is 0 Å². The summed E-state index contributed by atoms with van der Waals surface area (Å²) in [7, 11) is 0. The van der Waals surface area contributed by atoms with Gasteiger partial charge in [0.15, 0.2) is 0 Å². The van der Waals surface area contributed by atoms with Crippen LogP contribution >= 0.6 is 0 Å². The molecule has 1 N–H and O–H groups in total. The number of Topliss-reactive ketones (excluding diaryl/α,β-unsaturated/α-hetero) is 1. The van der Waals surface area contributed by atoms with Crippen molar-refractivity contribution in [2.75, 3.05) is 0 Å². The second kappa shape index (κ2) is 6.75. The third kappa shape index (κ3) is 3.81. The van der Waals surface area contributed by atoms with Gasteiger partial charge in [0, 0.05) is 16.5 Å². The molecular formula is C15H24O2. The molecule has 0 aliphatic heterocycles. The van der Waals surface area contributed by atoms with Crippen LogP contribution < -0.4 is 0 Å². The molecule has 0 aromatic rings. The fraction of sp³-hybridized carbons (Fsp3) is 0.667. The maximum atomic E-state index is 11.8. The first-order chi connectivity index (χ1) is 9.22. The summed E-state index contributed by atoms with van der Waals surface area (Å²) >= 11 is 0. The molecule has 0 amide bonds. The maximum absolute atomic E-state index is 11.8. The zero-order valence-corrected chi connectivity index (χ0v) is 10.6. The molecule has 1 rings (SSSR count). The van der Waals surface area contributed by atoms with Gasteiger partial charge in [0.1, 0.15) is 5.78 Å². The van der Waals surface area contributed by atoms with Crippen LogP contribution in [0.2, 0.25) is 0 Å². The summed E-state index contributed by atoms with van der Waals surface area (Å²) in [4.78, 5) is 11.8. The molecule has 0 saturated heterocycles. The lowest BCUT2D eigenvalue weighted by Crippen LogP contribution is -2.33. The van der Waals surface area contributed by atoms with Crippen LogP contribution in [0, 0.1) is 17.8 Å². The van der Waals surface area contributed by atoms with Gasteiger partial charge < -0.3 is 5.11 Å². The first-order valence-corrected chi connectivity index (χ1v) is 6.27. The van der Waals surface area contributed by atoms with Gasteiger partial charge in [0.2, 0.25) is 0 Å². The van der Waals surface area contributed by atoms with Gasteiger partial charge in [0.25, 0.3) is 0 Å². The molecule has 1 aliphatic carbocycles. The number of hydrogen-bond donors (Lipinski definition) is 1. The number of carbonyl (C=O) groups excluding carboxylic acids is 1. The molecule has 96 valence electrons. The summed E-state index contributed by atoms with van der Waals surface area (Å²) < 4.78 is 21.0. The Morgan fingerprint density at radius 3 is 2.94 bits per heavy atom. The van der Waals surface area contributed by atoms with Gasteiger partial charge in [0.05, 0.1) is 6.10 Å². The molecule has 4 atom stereocenters. The number of carbonyl (C=O) groups is 1. The van der Waals surface area contributed by atoms with E-state index in [9.17, 15) is 9.90 Å². The van der Waals surface area contributed by atoms with E-state index in [2.05, 4.69) is 0 Å². The average Bonchev–Trinajstić information content (AvgIpc) is 2.66. The smallest absolute Gasteiger partial charge is 0.138 e. The predicted octanol–water partition coefficient (Wildman–Crippen LogP) is 3.12. The molecule has 17 heavy (non-hydrogen) atoms. The molecule has 1 aliphatic rings. The van der Waals surface area contributed by atoms with Crippen LogP contribution in [0.25, 0.3) is 0 Å². The van der Waals surface area contributed by atoms with Crippen LogP contribution in [-0.2, 0) is 4.79 Å². The van der Waals surface area contributed by atoms with Gasteiger partial charge in [-0.2, -0.15) is 0 Å². The van der Waals surface area contributed by atoms with E-state index in [1.807, 2.05) is 19.9 Å². The third-order valence-corrected chi connectivity index (χ3v) is 3.63. The van der Waals surface area contributed by atoms with Crippen LogP contribution in [0.5, 0.6) is 0 Å². The number of aliphatic hydroxyl groups excluding tert-OH is 1. The average molecular weight is 239 g/mol. The molecule has 0 spiro atoms. The van der Waals surface area contributed by atoms with Crippen molar-refractivity contribution in [3.05, 3.63) is 24.3 Å². The summed E-state index contributed by atoms with van der Waals surface area (Å²) in [6.07, 6.45) is 7.62. The Morgan fingerprint density at radius 1 is 1.59 bits per heavy atom. The largest absolute Gasteiger partial charge is 0.392 e. The number of aliphatic hydroxyl groups is 1. The van der Waals surface area contributed by atoms with Crippen molar-refractivity contribution in [1.82, 2.24) is 0 Å². The Balaban J connectivity index is 2.46. The van der Waals surface area contributed by atoms with E-state index in [0.717, 1.165) is 12.5 Å². The van der Waals surface area contributed by atoms with Crippen molar-refractivity contribution in [2.24, 2.45) is 17.8 Å². The molecule has 0 radical (unpaired) electrons. The molecular weight excluding hydrogens is 212 g/mol. The predicted molar refractivity (Wildman–Crippen MR) is 70.6 cm³/mol. The van der Waals surface area contributed by atoms with Gasteiger partial charge in [-0.25, -0.2) is 0 Å². The Labute approximate surface area is 109 Å². The summed E-state index contributed by atoms with van der Waals surface area (Å²) in [6.45, 7) is 1.88. The highest BCUT2D eigenvalue weighted by Gasteiger charge is 2.38. The van der Waals surface area contributed by atoms with E-state index >= 15 is 0 Å². The van der Waals surface area contributed by atoms with E-state index in [-0.39, 0.29) is 23.5 Å². The van der Waals surface area contributed by atoms with E-state index in [0.29, 0.717) is 12.8 Å². The minimum atomic E-state index is -2.05. The minimum absolute atomic E-state index is 0.0121. The molecule has 1 unspecified atom stereocenters. The van der Waals surface area contributed by atoms with E-state index < -0.39 is 13.0 Å². The monoisotopic (exact) mass is 239 g/mol. The molecule has 0 heterocycles. The number of hydrogen-bond acceptors (Lipinski definition) is 2. The highest BCUT2D eigenvalue weighted by Crippen LogP contribution is 2.34. The number of rotatable bonds is 5. The minimum Gasteiger partial charge on any atom is -0.392 e. The van der Waals surface area contributed by atoms with Crippen molar-refractivity contribution < 1.29 is 14.0 Å². The van der Waals surface area contributed by atoms with E-state index in [1.54, 1.807) is 6.08 Å². The quantitative estimate of drug-likeness (QED) is 0.748. The van der Waals surface area contributed by atoms with Crippen molar-refractivity contribution in [3.8, 4) is 0 Å². The van der Waals surface area contributed by atoms with Crippen molar-refractivity contribution in [3.63, 3.8) is 0 Å². The SMILES string of the molecule is [2H]C([2H])([2H])/C=C/C=CC[C@@H](C)[C@@H](O)[C@H]1C(=O)CCC1C. The van der Waals surface area contributed by atoms with Crippen LogP contribution in [0.3, 0.4) is 0 Å². The molecule has 1 saturated carbocycles. The van der Waals surface area contributed by atoms with Crippen molar-refractivity contribution >= 4 is 5.78 Å². The zero-order chi connectivity index (χ0) is 15.3. The first-order valence-electron chi connectivity index (χ1n) is 7.77.